The van der Waals surface area contributed by atoms with Crippen LogP contribution in [-0.2, 0) is 6.54 Å². The zero-order valence-electron chi connectivity index (χ0n) is 13.1. The maximum atomic E-state index is 12.4. The molecule has 0 bridgehead atoms. The summed E-state index contributed by atoms with van der Waals surface area (Å²) in [5, 5.41) is 6.44. The number of likely N-dealkylation sites (tertiary alicyclic amines) is 1. The van der Waals surface area contributed by atoms with E-state index in [0.717, 1.165) is 38.2 Å². The van der Waals surface area contributed by atoms with Gasteiger partial charge in [0.2, 0.25) is 5.88 Å². The van der Waals surface area contributed by atoms with E-state index < -0.39 is 0 Å². The Balaban J connectivity index is 1.55. The van der Waals surface area contributed by atoms with Crippen LogP contribution < -0.4 is 15.4 Å². The quantitative estimate of drug-likeness (QED) is 0.885. The Hall–Kier alpha value is -1.82. The highest BCUT2D eigenvalue weighted by atomic mass is 16.5. The van der Waals surface area contributed by atoms with Crippen LogP contribution >= 0.6 is 0 Å². The normalized spacial score (nSPS) is 24.5. The molecule has 1 spiro atoms. The minimum Gasteiger partial charge on any atom is -0.481 e. The Bertz CT molecular complexity index is 529. The molecule has 22 heavy (non-hydrogen) atoms. The third-order valence-electron chi connectivity index (χ3n) is 4.73. The summed E-state index contributed by atoms with van der Waals surface area (Å²) in [5.74, 6) is 0.570. The smallest absolute Gasteiger partial charge is 0.317 e. The number of nitrogens with zero attached hydrogens (tertiary/aromatic N) is 2. The van der Waals surface area contributed by atoms with Crippen molar-refractivity contribution in [1.29, 1.82) is 0 Å². The fraction of sp³-hybridized carbons (Fsp3) is 0.625. The first-order valence-corrected chi connectivity index (χ1v) is 7.93. The van der Waals surface area contributed by atoms with E-state index in [1.165, 1.54) is 12.8 Å². The van der Waals surface area contributed by atoms with E-state index in [9.17, 15) is 4.79 Å². The lowest BCUT2D eigenvalue weighted by Gasteiger charge is -2.39. The Labute approximate surface area is 131 Å². The zero-order chi connectivity index (χ0) is 15.4. The van der Waals surface area contributed by atoms with E-state index >= 15 is 0 Å². The fourth-order valence-corrected chi connectivity index (χ4v) is 3.49. The predicted octanol–water partition coefficient (Wildman–Crippen LogP) is 1.38. The molecule has 2 fully saturated rings. The maximum Gasteiger partial charge on any atom is 0.317 e. The van der Waals surface area contributed by atoms with Crippen molar-refractivity contribution >= 4 is 6.03 Å². The number of ether oxygens (including phenoxy) is 1. The van der Waals surface area contributed by atoms with Gasteiger partial charge in [0.25, 0.3) is 0 Å². The summed E-state index contributed by atoms with van der Waals surface area (Å²) in [7, 11) is 1.59. The molecule has 3 heterocycles. The number of carbonyl (C=O) groups excluding carboxylic acids is 1. The molecule has 0 aliphatic carbocycles. The molecule has 2 N–H and O–H groups in total. The summed E-state index contributed by atoms with van der Waals surface area (Å²) in [6.45, 7) is 4.34. The highest BCUT2D eigenvalue weighted by molar-refractivity contribution is 5.74. The average molecular weight is 304 g/mol. The second-order valence-corrected chi connectivity index (χ2v) is 6.32. The first kappa shape index (κ1) is 15.1. The third-order valence-corrected chi connectivity index (χ3v) is 4.73. The van der Waals surface area contributed by atoms with E-state index in [4.69, 9.17) is 4.74 Å². The van der Waals surface area contributed by atoms with Crippen LogP contribution in [0, 0.1) is 5.41 Å². The number of amides is 2. The summed E-state index contributed by atoms with van der Waals surface area (Å²) in [4.78, 5) is 18.5. The van der Waals surface area contributed by atoms with Crippen LogP contribution in [0.2, 0.25) is 0 Å². The van der Waals surface area contributed by atoms with Crippen molar-refractivity contribution in [3.8, 4) is 5.88 Å². The number of methoxy groups -OCH3 is 1. The molecule has 1 atom stereocenters. The van der Waals surface area contributed by atoms with Gasteiger partial charge in [0.05, 0.1) is 7.11 Å². The number of rotatable bonds is 3. The van der Waals surface area contributed by atoms with Crippen molar-refractivity contribution in [2.75, 3.05) is 33.3 Å². The van der Waals surface area contributed by atoms with Crippen molar-refractivity contribution < 1.29 is 9.53 Å². The molecule has 3 rings (SSSR count). The number of hydrogen-bond acceptors (Lipinski definition) is 4. The molecular weight excluding hydrogens is 280 g/mol. The van der Waals surface area contributed by atoms with Gasteiger partial charge in [-0.05, 0) is 37.4 Å². The van der Waals surface area contributed by atoms with E-state index in [1.54, 1.807) is 13.3 Å². The number of nitrogens with one attached hydrogen (secondary N) is 2. The maximum absolute atomic E-state index is 12.4. The molecule has 0 radical (unpaired) electrons. The van der Waals surface area contributed by atoms with E-state index in [-0.39, 0.29) is 6.03 Å². The molecule has 2 amide bonds. The monoisotopic (exact) mass is 304 g/mol. The van der Waals surface area contributed by atoms with E-state index in [0.29, 0.717) is 17.8 Å². The van der Waals surface area contributed by atoms with E-state index in [2.05, 4.69) is 15.6 Å². The molecule has 0 aromatic carbocycles. The molecule has 1 aromatic rings. The fourth-order valence-electron chi connectivity index (χ4n) is 3.49. The molecule has 1 aromatic heterocycles. The lowest BCUT2D eigenvalue weighted by atomic mass is 9.79. The topological polar surface area (TPSA) is 66.5 Å². The van der Waals surface area contributed by atoms with Crippen LogP contribution in [0.4, 0.5) is 4.79 Å². The largest absolute Gasteiger partial charge is 0.481 e. The molecular formula is C16H24N4O2. The molecule has 120 valence electrons. The van der Waals surface area contributed by atoms with Crippen molar-refractivity contribution in [1.82, 2.24) is 20.5 Å². The van der Waals surface area contributed by atoms with Gasteiger partial charge in [-0.25, -0.2) is 9.78 Å². The molecule has 6 nitrogen and oxygen atoms in total. The Morgan fingerprint density at radius 3 is 3.23 bits per heavy atom. The third kappa shape index (κ3) is 3.32. The van der Waals surface area contributed by atoms with Crippen LogP contribution in [-0.4, -0.2) is 49.2 Å². The Morgan fingerprint density at radius 1 is 1.55 bits per heavy atom. The second kappa shape index (κ2) is 6.52. The van der Waals surface area contributed by atoms with Gasteiger partial charge in [-0.1, -0.05) is 0 Å². The highest BCUT2D eigenvalue weighted by Gasteiger charge is 2.39. The molecule has 0 saturated carbocycles. The first-order valence-electron chi connectivity index (χ1n) is 7.93. The minimum atomic E-state index is 0.0294. The summed E-state index contributed by atoms with van der Waals surface area (Å²) in [6.07, 6.45) is 5.20. The van der Waals surface area contributed by atoms with Crippen LogP contribution in [0.1, 0.15) is 24.8 Å². The van der Waals surface area contributed by atoms with Gasteiger partial charge in [-0.15, -0.1) is 0 Å². The minimum absolute atomic E-state index is 0.0294. The molecule has 2 aliphatic heterocycles. The van der Waals surface area contributed by atoms with Gasteiger partial charge >= 0.3 is 6.03 Å². The highest BCUT2D eigenvalue weighted by Crippen LogP contribution is 2.35. The number of pyridine rings is 1. The summed E-state index contributed by atoms with van der Waals surface area (Å²) >= 11 is 0. The zero-order valence-corrected chi connectivity index (χ0v) is 13.1. The van der Waals surface area contributed by atoms with E-state index in [1.807, 2.05) is 17.0 Å². The lowest BCUT2D eigenvalue weighted by molar-refractivity contribution is 0.118. The molecule has 6 heteroatoms. The molecule has 2 saturated heterocycles. The van der Waals surface area contributed by atoms with Crippen molar-refractivity contribution in [3.63, 3.8) is 0 Å². The average Bonchev–Trinajstić information content (AvgIpc) is 3.00. The summed E-state index contributed by atoms with van der Waals surface area (Å²) in [5.41, 5.74) is 1.30. The number of aromatic nitrogens is 1. The van der Waals surface area contributed by atoms with Gasteiger partial charge in [-0.3, -0.25) is 0 Å². The number of carbonyl (C=O) groups is 1. The summed E-state index contributed by atoms with van der Waals surface area (Å²) < 4.78 is 5.10. The number of hydrogen-bond donors (Lipinski definition) is 2. The summed E-state index contributed by atoms with van der Waals surface area (Å²) in [6, 6.07) is 3.77. The van der Waals surface area contributed by atoms with Crippen LogP contribution in [0.3, 0.4) is 0 Å². The van der Waals surface area contributed by atoms with Gasteiger partial charge in [0.1, 0.15) is 0 Å². The molecule has 1 unspecified atom stereocenters. The number of urea groups is 1. The van der Waals surface area contributed by atoms with Crippen molar-refractivity contribution in [2.24, 2.45) is 5.41 Å². The number of piperidine rings is 1. The standard InChI is InChI=1S/C16H24N4O2/c1-22-14-9-13(3-6-18-14)10-19-15(21)20-8-2-4-16(12-20)5-7-17-11-16/h3,6,9,17H,2,4-5,7-8,10-12H2,1H3,(H,19,21). The predicted molar refractivity (Wildman–Crippen MR) is 83.8 cm³/mol. The second-order valence-electron chi connectivity index (χ2n) is 6.32. The first-order chi connectivity index (χ1) is 10.7. The SMILES string of the molecule is COc1cc(CNC(=O)N2CCCC3(CCNC3)C2)ccn1. The van der Waals surface area contributed by atoms with Crippen molar-refractivity contribution in [3.05, 3.63) is 23.9 Å². The Kier molecular flexibility index (Phi) is 4.47. The Morgan fingerprint density at radius 2 is 2.45 bits per heavy atom. The van der Waals surface area contributed by atoms with Gasteiger partial charge in [0.15, 0.2) is 0 Å². The van der Waals surface area contributed by atoms with Crippen LogP contribution in [0.25, 0.3) is 0 Å². The molecule has 2 aliphatic rings. The van der Waals surface area contributed by atoms with Gasteiger partial charge in [0, 0.05) is 43.9 Å². The lowest BCUT2D eigenvalue weighted by Crippen LogP contribution is -2.50. The van der Waals surface area contributed by atoms with Crippen molar-refractivity contribution in [2.45, 2.75) is 25.8 Å². The van der Waals surface area contributed by atoms with Crippen LogP contribution in [0.15, 0.2) is 18.3 Å². The van der Waals surface area contributed by atoms with Crippen LogP contribution in [0.5, 0.6) is 5.88 Å². The van der Waals surface area contributed by atoms with Gasteiger partial charge in [-0.2, -0.15) is 0 Å². The van der Waals surface area contributed by atoms with Gasteiger partial charge < -0.3 is 20.3 Å².